The standard InChI is InChI=1S/C12H16O7S/c1-7-2-4-8(5-3-7)20(16,17)18-6-9-10(13)11(14)12(15)19-9/h2-5,9-15H,6H2,1H3/t9-,10-,11-,12?/m1/s1. The average Bonchev–Trinajstić information content (AvgIpc) is 2.64. The lowest BCUT2D eigenvalue weighted by atomic mass is 10.1. The van der Waals surface area contributed by atoms with Crippen molar-refractivity contribution >= 4 is 10.1 Å². The maximum atomic E-state index is 11.9. The Morgan fingerprint density at radius 1 is 1.15 bits per heavy atom. The van der Waals surface area contributed by atoms with Crippen molar-refractivity contribution in [2.45, 2.75) is 36.4 Å². The van der Waals surface area contributed by atoms with Gasteiger partial charge < -0.3 is 20.1 Å². The molecule has 1 aromatic carbocycles. The van der Waals surface area contributed by atoms with Crippen molar-refractivity contribution in [3.8, 4) is 0 Å². The van der Waals surface area contributed by atoms with Crippen LogP contribution >= 0.6 is 0 Å². The Bertz CT molecular complexity index is 554. The number of aryl methyl sites for hydroxylation is 1. The van der Waals surface area contributed by atoms with Crippen LogP contribution in [0.3, 0.4) is 0 Å². The summed E-state index contributed by atoms with van der Waals surface area (Å²) in [6, 6.07) is 6.07. The van der Waals surface area contributed by atoms with Gasteiger partial charge in [-0.3, -0.25) is 4.18 Å². The normalized spacial score (nSPS) is 30.6. The topological polar surface area (TPSA) is 113 Å². The van der Waals surface area contributed by atoms with E-state index < -0.39 is 41.3 Å². The van der Waals surface area contributed by atoms with Gasteiger partial charge >= 0.3 is 0 Å². The first-order valence-electron chi connectivity index (χ1n) is 5.97. The van der Waals surface area contributed by atoms with E-state index in [2.05, 4.69) is 0 Å². The van der Waals surface area contributed by atoms with Gasteiger partial charge in [-0.25, -0.2) is 0 Å². The van der Waals surface area contributed by atoms with Gasteiger partial charge in [0, 0.05) is 0 Å². The quantitative estimate of drug-likeness (QED) is 0.620. The summed E-state index contributed by atoms with van der Waals surface area (Å²) in [7, 11) is -3.98. The molecule has 1 unspecified atom stereocenters. The number of aliphatic hydroxyl groups excluding tert-OH is 3. The molecular weight excluding hydrogens is 288 g/mol. The van der Waals surface area contributed by atoms with E-state index in [-0.39, 0.29) is 4.90 Å². The zero-order chi connectivity index (χ0) is 14.9. The Balaban J connectivity index is 2.01. The maximum Gasteiger partial charge on any atom is 0.297 e. The lowest BCUT2D eigenvalue weighted by Gasteiger charge is -2.14. The molecular formula is C12H16O7S. The molecule has 112 valence electrons. The molecule has 1 aliphatic heterocycles. The minimum absolute atomic E-state index is 0.0170. The van der Waals surface area contributed by atoms with E-state index in [1.807, 2.05) is 6.92 Å². The molecule has 0 spiro atoms. The number of hydrogen-bond donors (Lipinski definition) is 3. The van der Waals surface area contributed by atoms with Gasteiger partial charge in [0.1, 0.15) is 18.3 Å². The second kappa shape index (κ2) is 5.76. The summed E-state index contributed by atoms with van der Waals surface area (Å²) in [5, 5.41) is 28.0. The summed E-state index contributed by atoms with van der Waals surface area (Å²) in [6.45, 7) is 1.33. The molecule has 0 saturated carbocycles. The first kappa shape index (κ1) is 15.4. The molecule has 20 heavy (non-hydrogen) atoms. The molecule has 1 saturated heterocycles. The van der Waals surface area contributed by atoms with E-state index in [9.17, 15) is 23.7 Å². The summed E-state index contributed by atoms with van der Waals surface area (Å²) in [5.41, 5.74) is 0.907. The van der Waals surface area contributed by atoms with Gasteiger partial charge in [-0.15, -0.1) is 0 Å². The minimum atomic E-state index is -3.98. The third-order valence-electron chi connectivity index (χ3n) is 3.03. The Morgan fingerprint density at radius 2 is 1.75 bits per heavy atom. The molecule has 0 radical (unpaired) electrons. The SMILES string of the molecule is Cc1ccc(S(=O)(=O)OC[C@H]2OC(O)[C@H](O)[C@@H]2O)cc1. The van der Waals surface area contributed by atoms with Gasteiger partial charge in [0.25, 0.3) is 10.1 Å². The van der Waals surface area contributed by atoms with Crippen LogP contribution in [0.2, 0.25) is 0 Å². The highest BCUT2D eigenvalue weighted by atomic mass is 32.2. The average molecular weight is 304 g/mol. The highest BCUT2D eigenvalue weighted by Crippen LogP contribution is 2.21. The minimum Gasteiger partial charge on any atom is -0.387 e. The highest BCUT2D eigenvalue weighted by Gasteiger charge is 2.42. The fraction of sp³-hybridized carbons (Fsp3) is 0.500. The largest absolute Gasteiger partial charge is 0.387 e. The molecule has 1 fully saturated rings. The molecule has 1 aromatic rings. The van der Waals surface area contributed by atoms with Crippen LogP contribution in [0.15, 0.2) is 29.2 Å². The summed E-state index contributed by atoms with van der Waals surface area (Å²) >= 11 is 0. The molecule has 7 nitrogen and oxygen atoms in total. The second-order valence-electron chi connectivity index (χ2n) is 4.60. The van der Waals surface area contributed by atoms with Crippen LogP contribution in [-0.4, -0.2) is 54.9 Å². The summed E-state index contributed by atoms with van der Waals surface area (Å²) in [6.07, 6.45) is -5.55. The van der Waals surface area contributed by atoms with E-state index in [1.165, 1.54) is 12.1 Å². The zero-order valence-electron chi connectivity index (χ0n) is 10.7. The number of aliphatic hydroxyl groups is 3. The monoisotopic (exact) mass is 304 g/mol. The van der Waals surface area contributed by atoms with Crippen LogP contribution in [0.5, 0.6) is 0 Å². The van der Waals surface area contributed by atoms with E-state index in [0.717, 1.165) is 5.56 Å². The van der Waals surface area contributed by atoms with Gasteiger partial charge in [0.05, 0.1) is 11.5 Å². The smallest absolute Gasteiger partial charge is 0.297 e. The first-order chi connectivity index (χ1) is 9.31. The predicted molar refractivity (Wildman–Crippen MR) is 67.2 cm³/mol. The van der Waals surface area contributed by atoms with Crippen LogP contribution in [0.25, 0.3) is 0 Å². The highest BCUT2D eigenvalue weighted by molar-refractivity contribution is 7.86. The van der Waals surface area contributed by atoms with Crippen molar-refractivity contribution in [1.29, 1.82) is 0 Å². The van der Waals surface area contributed by atoms with Gasteiger partial charge in [0.2, 0.25) is 0 Å². The summed E-state index contributed by atoms with van der Waals surface area (Å²) in [5.74, 6) is 0. The number of rotatable bonds is 4. The van der Waals surface area contributed by atoms with E-state index in [0.29, 0.717) is 0 Å². The lowest BCUT2D eigenvalue weighted by Crippen LogP contribution is -2.34. The van der Waals surface area contributed by atoms with Crippen molar-refractivity contribution in [1.82, 2.24) is 0 Å². The van der Waals surface area contributed by atoms with Crippen molar-refractivity contribution in [3.63, 3.8) is 0 Å². The Hall–Kier alpha value is -1.03. The predicted octanol–water partition coefficient (Wildman–Crippen LogP) is -0.861. The third-order valence-corrected chi connectivity index (χ3v) is 4.33. The van der Waals surface area contributed by atoms with Gasteiger partial charge in [-0.1, -0.05) is 17.7 Å². The number of benzene rings is 1. The van der Waals surface area contributed by atoms with Crippen LogP contribution in [0.4, 0.5) is 0 Å². The van der Waals surface area contributed by atoms with E-state index in [4.69, 9.17) is 8.92 Å². The van der Waals surface area contributed by atoms with Crippen LogP contribution < -0.4 is 0 Å². The van der Waals surface area contributed by atoms with Crippen LogP contribution in [-0.2, 0) is 19.0 Å². The lowest BCUT2D eigenvalue weighted by molar-refractivity contribution is -0.131. The third kappa shape index (κ3) is 3.17. The molecule has 4 atom stereocenters. The molecule has 0 bridgehead atoms. The molecule has 0 aromatic heterocycles. The molecule has 1 heterocycles. The number of hydrogen-bond acceptors (Lipinski definition) is 7. The molecule has 1 aliphatic rings. The number of ether oxygens (including phenoxy) is 1. The Labute approximate surface area is 116 Å². The fourth-order valence-corrected chi connectivity index (χ4v) is 2.71. The Morgan fingerprint density at radius 3 is 2.25 bits per heavy atom. The van der Waals surface area contributed by atoms with Gasteiger partial charge in [-0.2, -0.15) is 8.42 Å². The maximum absolute atomic E-state index is 11.9. The second-order valence-corrected chi connectivity index (χ2v) is 6.21. The fourth-order valence-electron chi connectivity index (χ4n) is 1.80. The van der Waals surface area contributed by atoms with Crippen molar-refractivity contribution in [2.24, 2.45) is 0 Å². The van der Waals surface area contributed by atoms with Gasteiger partial charge in [-0.05, 0) is 19.1 Å². The molecule has 8 heteroatoms. The Kier molecular flexibility index (Phi) is 4.43. The van der Waals surface area contributed by atoms with Crippen molar-refractivity contribution < 1.29 is 32.7 Å². The van der Waals surface area contributed by atoms with Crippen molar-refractivity contribution in [2.75, 3.05) is 6.61 Å². The van der Waals surface area contributed by atoms with Gasteiger partial charge in [0.15, 0.2) is 6.29 Å². The first-order valence-corrected chi connectivity index (χ1v) is 7.38. The molecule has 2 rings (SSSR count). The van der Waals surface area contributed by atoms with E-state index >= 15 is 0 Å². The summed E-state index contributed by atoms with van der Waals surface area (Å²) in [4.78, 5) is -0.0170. The van der Waals surface area contributed by atoms with E-state index in [1.54, 1.807) is 12.1 Å². The zero-order valence-corrected chi connectivity index (χ0v) is 11.5. The molecule has 0 amide bonds. The molecule has 3 N–H and O–H groups in total. The van der Waals surface area contributed by atoms with Crippen LogP contribution in [0, 0.1) is 6.92 Å². The molecule has 0 aliphatic carbocycles. The summed E-state index contributed by atoms with van der Waals surface area (Å²) < 4.78 is 33.3. The van der Waals surface area contributed by atoms with Crippen LogP contribution in [0.1, 0.15) is 5.56 Å². The van der Waals surface area contributed by atoms with Crippen molar-refractivity contribution in [3.05, 3.63) is 29.8 Å².